The maximum Gasteiger partial charge on any atom is 0.251 e. The first-order valence-electron chi connectivity index (χ1n) is 11.0. The van der Waals surface area contributed by atoms with Crippen molar-refractivity contribution < 1.29 is 24.5 Å². The summed E-state index contributed by atoms with van der Waals surface area (Å²) in [6.45, 7) is 5.83. The largest absolute Gasteiger partial charge is 0.508 e. The van der Waals surface area contributed by atoms with Crippen LogP contribution >= 0.6 is 0 Å². The highest BCUT2D eigenvalue weighted by molar-refractivity contribution is 5.98. The van der Waals surface area contributed by atoms with Crippen molar-refractivity contribution in [3.05, 3.63) is 102 Å². The first-order chi connectivity index (χ1) is 16.8. The highest BCUT2D eigenvalue weighted by Gasteiger charge is 2.11. The third-order valence-electron chi connectivity index (χ3n) is 5.12. The minimum atomic E-state index is -0.0452. The lowest BCUT2D eigenvalue weighted by Gasteiger charge is -2.14. The quantitative estimate of drug-likeness (QED) is 0.359. The van der Waals surface area contributed by atoms with Crippen molar-refractivity contribution in [2.45, 2.75) is 26.3 Å². The van der Waals surface area contributed by atoms with E-state index >= 15 is 0 Å². The van der Waals surface area contributed by atoms with Crippen LogP contribution < -0.4 is 10.1 Å². The van der Waals surface area contributed by atoms with Crippen molar-refractivity contribution in [3.63, 3.8) is 0 Å². The number of phenols is 2. The number of aromatic hydroxyl groups is 2. The molecule has 1 atom stereocenters. The van der Waals surface area contributed by atoms with Crippen LogP contribution in [-0.2, 0) is 11.2 Å². The fourth-order valence-corrected chi connectivity index (χ4v) is 3.56. The second-order valence-electron chi connectivity index (χ2n) is 8.02. The molecule has 4 rings (SSSR count). The van der Waals surface area contributed by atoms with E-state index in [2.05, 4.69) is 17.4 Å². The highest BCUT2D eigenvalue weighted by Crippen LogP contribution is 2.22. The van der Waals surface area contributed by atoms with Gasteiger partial charge in [0.15, 0.2) is 0 Å². The van der Waals surface area contributed by atoms with Crippen molar-refractivity contribution in [2.75, 3.05) is 7.11 Å². The van der Waals surface area contributed by atoms with Gasteiger partial charge in [0.2, 0.25) is 0 Å². The van der Waals surface area contributed by atoms with Gasteiger partial charge in [0, 0.05) is 17.7 Å². The van der Waals surface area contributed by atoms with Gasteiger partial charge in [0.25, 0.3) is 5.91 Å². The molecule has 0 aromatic heterocycles. The van der Waals surface area contributed by atoms with Gasteiger partial charge in [0.1, 0.15) is 24.0 Å². The molecule has 6 heteroatoms. The number of rotatable bonds is 5. The van der Waals surface area contributed by atoms with Crippen LogP contribution in [0.1, 0.15) is 28.4 Å². The second kappa shape index (κ2) is 13.4. The van der Waals surface area contributed by atoms with E-state index in [1.807, 2.05) is 68.3 Å². The molecule has 0 aliphatic heterocycles. The lowest BCUT2D eigenvalue weighted by Crippen LogP contribution is -2.34. The van der Waals surface area contributed by atoms with Gasteiger partial charge in [-0.2, -0.15) is 0 Å². The summed E-state index contributed by atoms with van der Waals surface area (Å²) >= 11 is 0. The topological polar surface area (TPSA) is 95.9 Å². The minimum absolute atomic E-state index is 0.0452. The Bertz CT molecular complexity index is 1190. The summed E-state index contributed by atoms with van der Waals surface area (Å²) in [5.41, 5.74) is 2.75. The molecular weight excluding hydrogens is 442 g/mol. The molecule has 0 aliphatic rings. The van der Waals surface area contributed by atoms with E-state index in [4.69, 9.17) is 19.7 Å². The molecule has 4 aromatic rings. The lowest BCUT2D eigenvalue weighted by molar-refractivity contribution is -0.0980. The molecule has 0 spiro atoms. The Labute approximate surface area is 205 Å². The maximum atomic E-state index is 12.5. The summed E-state index contributed by atoms with van der Waals surface area (Å²) in [6.07, 6.45) is 0.817. The van der Waals surface area contributed by atoms with Crippen molar-refractivity contribution in [1.29, 1.82) is 0 Å². The summed E-state index contributed by atoms with van der Waals surface area (Å²) < 4.78 is 5.23. The number of carbonyl (C=O) groups is 2. The first-order valence-corrected chi connectivity index (χ1v) is 11.0. The molecule has 182 valence electrons. The molecular formula is C29H31NO5. The number of methoxy groups -OCH3 is 1. The van der Waals surface area contributed by atoms with E-state index in [1.54, 1.807) is 26.2 Å². The Kier molecular flexibility index (Phi) is 10.3. The van der Waals surface area contributed by atoms with Gasteiger partial charge < -0.3 is 25.1 Å². The van der Waals surface area contributed by atoms with E-state index in [9.17, 15) is 4.79 Å². The molecule has 1 unspecified atom stereocenters. The molecule has 0 radical (unpaired) electrons. The molecule has 3 N–H and O–H groups in total. The smallest absolute Gasteiger partial charge is 0.251 e. The predicted molar refractivity (Wildman–Crippen MR) is 139 cm³/mol. The zero-order chi connectivity index (χ0) is 25.8. The van der Waals surface area contributed by atoms with Crippen LogP contribution in [0.4, 0.5) is 0 Å². The Hall–Kier alpha value is -4.32. The number of nitrogens with one attached hydrogen (secondary N) is 1. The molecule has 4 aromatic carbocycles. The predicted octanol–water partition coefficient (Wildman–Crippen LogP) is 5.43. The molecule has 1 amide bonds. The van der Waals surface area contributed by atoms with E-state index in [0.717, 1.165) is 28.5 Å². The number of ether oxygens (including phenoxy) is 1. The summed E-state index contributed by atoms with van der Waals surface area (Å²) in [7, 11) is 1.65. The standard InChI is InChI=1S/C21H21NO2.C7H8O2.CH2O/c1-15(12-16-6-4-3-5-7-16)22-21(23)19-9-8-18-14-20(24-2)11-10-17(18)13-19;1-5-2-6(8)4-7(9)3-5;1-2/h3-11,13-15H,12H2,1-2H3,(H,22,23);2-4,8-9H,1H3;1H2. The number of aryl methyl sites for hydroxylation is 1. The minimum Gasteiger partial charge on any atom is -0.508 e. The average molecular weight is 474 g/mol. The third-order valence-corrected chi connectivity index (χ3v) is 5.12. The van der Waals surface area contributed by atoms with Crippen molar-refractivity contribution in [1.82, 2.24) is 5.32 Å². The van der Waals surface area contributed by atoms with E-state index in [1.165, 1.54) is 11.6 Å². The van der Waals surface area contributed by atoms with Crippen molar-refractivity contribution in [3.8, 4) is 17.2 Å². The van der Waals surface area contributed by atoms with E-state index in [0.29, 0.717) is 5.56 Å². The van der Waals surface area contributed by atoms with Crippen molar-refractivity contribution >= 4 is 23.5 Å². The van der Waals surface area contributed by atoms with Crippen LogP contribution in [0, 0.1) is 6.92 Å². The zero-order valence-electron chi connectivity index (χ0n) is 20.2. The number of benzene rings is 4. The normalized spacial score (nSPS) is 10.7. The van der Waals surface area contributed by atoms with Gasteiger partial charge in [-0.25, -0.2) is 0 Å². The Balaban J connectivity index is 0.000000329. The van der Waals surface area contributed by atoms with Gasteiger partial charge in [-0.1, -0.05) is 42.5 Å². The van der Waals surface area contributed by atoms with E-state index < -0.39 is 0 Å². The summed E-state index contributed by atoms with van der Waals surface area (Å²) in [5, 5.41) is 22.8. The van der Waals surface area contributed by atoms with Crippen LogP contribution in [0.15, 0.2) is 84.9 Å². The van der Waals surface area contributed by atoms with Crippen molar-refractivity contribution in [2.24, 2.45) is 0 Å². The molecule has 0 saturated heterocycles. The summed E-state index contributed by atoms with van der Waals surface area (Å²) in [4.78, 5) is 20.5. The third kappa shape index (κ3) is 8.51. The Morgan fingerprint density at radius 2 is 1.49 bits per heavy atom. The van der Waals surface area contributed by atoms with Crippen LogP contribution in [0.2, 0.25) is 0 Å². The summed E-state index contributed by atoms with van der Waals surface area (Å²) in [6, 6.07) is 26.3. The zero-order valence-corrected chi connectivity index (χ0v) is 20.2. The average Bonchev–Trinajstić information content (AvgIpc) is 2.84. The monoisotopic (exact) mass is 473 g/mol. The molecule has 0 aliphatic carbocycles. The fraction of sp³-hybridized carbons (Fsp3) is 0.172. The van der Waals surface area contributed by atoms with Crippen LogP contribution in [0.25, 0.3) is 10.8 Å². The number of phenolic OH excluding ortho intramolecular Hbond substituents is 2. The fourth-order valence-electron chi connectivity index (χ4n) is 3.56. The summed E-state index contributed by atoms with van der Waals surface area (Å²) in [5.74, 6) is 0.979. The molecule has 6 nitrogen and oxygen atoms in total. The van der Waals surface area contributed by atoms with Crippen LogP contribution in [0.3, 0.4) is 0 Å². The number of carbonyl (C=O) groups excluding carboxylic acids is 2. The van der Waals surface area contributed by atoms with Gasteiger partial charge in [-0.3, -0.25) is 4.79 Å². The molecule has 0 bridgehead atoms. The van der Waals surface area contributed by atoms with E-state index in [-0.39, 0.29) is 23.4 Å². The molecule has 35 heavy (non-hydrogen) atoms. The SMILES string of the molecule is C=O.COc1ccc2cc(C(=O)NC(C)Cc3ccccc3)ccc2c1.Cc1cc(O)cc(O)c1. The molecule has 0 fully saturated rings. The number of amides is 1. The highest BCUT2D eigenvalue weighted by atomic mass is 16.5. The first kappa shape index (κ1) is 26.9. The molecule has 0 heterocycles. The van der Waals surface area contributed by atoms with Gasteiger partial charge in [0.05, 0.1) is 7.11 Å². The van der Waals surface area contributed by atoms with Gasteiger partial charge >= 0.3 is 0 Å². The van der Waals surface area contributed by atoms with Crippen LogP contribution in [-0.4, -0.2) is 36.1 Å². The maximum absolute atomic E-state index is 12.5. The lowest BCUT2D eigenvalue weighted by atomic mass is 10.0. The second-order valence-corrected chi connectivity index (χ2v) is 8.02. The Morgan fingerprint density at radius 1 is 0.886 bits per heavy atom. The molecule has 0 saturated carbocycles. The number of hydrogen-bond acceptors (Lipinski definition) is 5. The number of hydrogen-bond donors (Lipinski definition) is 3. The number of fused-ring (bicyclic) bond motifs is 1. The van der Waals surface area contributed by atoms with Crippen LogP contribution in [0.5, 0.6) is 17.2 Å². The van der Waals surface area contributed by atoms with Gasteiger partial charge in [-0.05, 0) is 78.6 Å². The Morgan fingerprint density at radius 3 is 2.09 bits per heavy atom. The van der Waals surface area contributed by atoms with Gasteiger partial charge in [-0.15, -0.1) is 0 Å².